The minimum atomic E-state index is -0.435. The van der Waals surface area contributed by atoms with Crippen molar-refractivity contribution in [3.63, 3.8) is 0 Å². The van der Waals surface area contributed by atoms with Gasteiger partial charge in [-0.15, -0.1) is 0 Å². The third-order valence-electron chi connectivity index (χ3n) is 4.91. The summed E-state index contributed by atoms with van der Waals surface area (Å²) in [5.74, 6) is -0.631. The molecule has 5 nitrogen and oxygen atoms in total. The molecule has 1 N–H and O–H groups in total. The summed E-state index contributed by atoms with van der Waals surface area (Å²) in [4.78, 5) is 29.0. The van der Waals surface area contributed by atoms with Gasteiger partial charge in [0.15, 0.2) is 0 Å². The van der Waals surface area contributed by atoms with Crippen molar-refractivity contribution < 1.29 is 9.90 Å². The Bertz CT molecular complexity index is 1440. The number of aromatic hydroxyl groups is 1. The Labute approximate surface area is 163 Å². The maximum Gasteiger partial charge on any atom is 0.310 e. The van der Waals surface area contributed by atoms with E-state index >= 15 is 0 Å². The normalized spacial score (nSPS) is 13.0. The van der Waals surface area contributed by atoms with Crippen molar-refractivity contribution in [3.05, 3.63) is 97.4 Å². The fourth-order valence-electron chi connectivity index (χ4n) is 3.58. The van der Waals surface area contributed by atoms with Crippen molar-refractivity contribution in [2.75, 3.05) is 0 Å². The molecule has 0 atom stereocenters. The second kappa shape index (κ2) is 6.28. The molecule has 3 aromatic carbocycles. The quantitative estimate of drug-likeness (QED) is 0.587. The molecule has 4 aromatic rings. The lowest BCUT2D eigenvalue weighted by atomic mass is 10.0. The first-order chi connectivity index (χ1) is 13.6. The smallest absolute Gasteiger partial charge is 0.310 e. The van der Waals surface area contributed by atoms with E-state index in [1.807, 2.05) is 42.5 Å². The Hall–Kier alpha value is -3.51. The van der Waals surface area contributed by atoms with Crippen LogP contribution in [0.15, 0.2) is 76.5 Å². The van der Waals surface area contributed by atoms with Crippen LogP contribution >= 0.6 is 11.3 Å². The van der Waals surface area contributed by atoms with Gasteiger partial charge in [-0.25, -0.2) is 4.99 Å². The molecule has 0 aliphatic carbocycles. The molecule has 136 valence electrons. The van der Waals surface area contributed by atoms with E-state index in [-0.39, 0.29) is 27.7 Å². The number of carbonyl (C=O) groups is 1. The molecule has 1 aromatic heterocycles. The molecule has 1 amide bonds. The van der Waals surface area contributed by atoms with Crippen molar-refractivity contribution in [1.82, 2.24) is 4.57 Å². The maximum atomic E-state index is 12.6. The van der Waals surface area contributed by atoms with Crippen LogP contribution in [-0.2, 0) is 11.3 Å². The van der Waals surface area contributed by atoms with E-state index < -0.39 is 5.91 Å². The lowest BCUT2D eigenvalue weighted by Crippen LogP contribution is -2.22. The molecule has 0 fully saturated rings. The summed E-state index contributed by atoms with van der Waals surface area (Å²) < 4.78 is 1.31. The van der Waals surface area contributed by atoms with E-state index in [0.717, 1.165) is 27.7 Å². The zero-order valence-electron chi connectivity index (χ0n) is 14.6. The summed E-state index contributed by atoms with van der Waals surface area (Å²) in [6.45, 7) is 0.225. The van der Waals surface area contributed by atoms with E-state index in [2.05, 4.69) is 4.99 Å². The number of amides is 1. The molecule has 2 heterocycles. The number of nitrogens with zero attached hydrogens (tertiary/aromatic N) is 2. The van der Waals surface area contributed by atoms with Crippen molar-refractivity contribution in [1.29, 1.82) is 0 Å². The molecule has 0 unspecified atom stereocenters. The van der Waals surface area contributed by atoms with Gasteiger partial charge in [-0.3, -0.25) is 14.2 Å². The predicted molar refractivity (Wildman–Crippen MR) is 108 cm³/mol. The van der Waals surface area contributed by atoms with E-state index in [9.17, 15) is 14.7 Å². The average molecular weight is 386 g/mol. The van der Waals surface area contributed by atoms with Gasteiger partial charge >= 0.3 is 4.87 Å². The van der Waals surface area contributed by atoms with Crippen LogP contribution in [-0.4, -0.2) is 15.6 Å². The summed E-state index contributed by atoms with van der Waals surface area (Å²) in [7, 11) is 0. The number of para-hydroxylation sites is 1. The molecule has 1 aliphatic heterocycles. The van der Waals surface area contributed by atoms with Gasteiger partial charge in [0.2, 0.25) is 5.88 Å². The lowest BCUT2D eigenvalue weighted by molar-refractivity contribution is -0.112. The molecule has 0 saturated heterocycles. The molecule has 0 radical (unpaired) electrons. The maximum absolute atomic E-state index is 12.6. The van der Waals surface area contributed by atoms with Gasteiger partial charge in [-0.05, 0) is 22.4 Å². The van der Waals surface area contributed by atoms with Crippen LogP contribution in [0, 0.1) is 0 Å². The third-order valence-corrected chi connectivity index (χ3v) is 5.90. The fourth-order valence-corrected chi connectivity index (χ4v) is 4.52. The molecule has 0 bridgehead atoms. The van der Waals surface area contributed by atoms with E-state index in [1.54, 1.807) is 24.3 Å². The van der Waals surface area contributed by atoms with Crippen LogP contribution in [0.2, 0.25) is 0 Å². The monoisotopic (exact) mass is 386 g/mol. The van der Waals surface area contributed by atoms with Crippen LogP contribution in [0.3, 0.4) is 0 Å². The van der Waals surface area contributed by atoms with Gasteiger partial charge in [0, 0.05) is 5.22 Å². The van der Waals surface area contributed by atoms with E-state index in [1.165, 1.54) is 4.57 Å². The van der Waals surface area contributed by atoms with E-state index in [4.69, 9.17) is 0 Å². The highest BCUT2D eigenvalue weighted by atomic mass is 32.1. The molecule has 5 rings (SSSR count). The van der Waals surface area contributed by atoms with Gasteiger partial charge in [-0.2, -0.15) is 0 Å². The number of fused-ring (bicyclic) bond motifs is 2. The Balaban J connectivity index is 1.67. The van der Waals surface area contributed by atoms with Gasteiger partial charge in [0.25, 0.3) is 5.91 Å². The first-order valence-electron chi connectivity index (χ1n) is 8.75. The highest BCUT2D eigenvalue weighted by Gasteiger charge is 2.26. The number of aromatic nitrogens is 1. The highest BCUT2D eigenvalue weighted by molar-refractivity contribution is 7.11. The molecule has 6 heteroatoms. The number of thiazole rings is 1. The van der Waals surface area contributed by atoms with Gasteiger partial charge in [-0.1, -0.05) is 72.0 Å². The zero-order valence-corrected chi connectivity index (χ0v) is 15.4. The molecular weight excluding hydrogens is 372 g/mol. The topological polar surface area (TPSA) is 71.7 Å². The Morgan fingerprint density at radius 3 is 2.57 bits per heavy atom. The molecule has 1 aliphatic rings. The fraction of sp³-hybridized carbons (Fsp3) is 0.0455. The standard InChI is InChI=1S/C22H14N2O3S/c25-20-18(16-10-3-4-11-17(16)23-20)19-21(26)24(22(27)28-19)12-14-8-5-7-13-6-1-2-9-15(13)14/h1-11,26H,12H2. The Morgan fingerprint density at radius 1 is 0.929 bits per heavy atom. The number of carbonyl (C=O) groups excluding carboxylic acids is 1. The number of benzene rings is 3. The van der Waals surface area contributed by atoms with Crippen LogP contribution in [0.5, 0.6) is 5.88 Å². The SMILES string of the molecule is O=C1N=c2ccccc2=C1c1sc(=O)n(Cc2cccc3ccccc23)c1O. The van der Waals surface area contributed by atoms with Crippen molar-refractivity contribution in [3.8, 4) is 5.88 Å². The summed E-state index contributed by atoms with van der Waals surface area (Å²) in [5.41, 5.74) is 1.21. The molecule has 0 saturated carbocycles. The first kappa shape index (κ1) is 16.6. The zero-order chi connectivity index (χ0) is 19.3. The second-order valence-corrected chi connectivity index (χ2v) is 7.52. The van der Waals surface area contributed by atoms with Gasteiger partial charge in [0.1, 0.15) is 4.88 Å². The number of rotatable bonds is 3. The highest BCUT2D eigenvalue weighted by Crippen LogP contribution is 2.29. The van der Waals surface area contributed by atoms with Crippen LogP contribution in [0.4, 0.5) is 0 Å². The van der Waals surface area contributed by atoms with E-state index in [0.29, 0.717) is 10.6 Å². The summed E-state index contributed by atoms with van der Waals surface area (Å²) in [6, 6.07) is 20.9. The second-order valence-electron chi connectivity index (χ2n) is 6.55. The molecule has 28 heavy (non-hydrogen) atoms. The molecule has 0 spiro atoms. The van der Waals surface area contributed by atoms with Crippen molar-refractivity contribution in [2.24, 2.45) is 4.99 Å². The minimum Gasteiger partial charge on any atom is -0.493 e. The molecular formula is C22H14N2O3S. The minimum absolute atomic E-state index is 0.196. The number of hydrogen-bond acceptors (Lipinski definition) is 4. The number of hydrogen-bond donors (Lipinski definition) is 1. The van der Waals surface area contributed by atoms with Crippen LogP contribution in [0.1, 0.15) is 10.4 Å². The summed E-state index contributed by atoms with van der Waals surface area (Å²) >= 11 is 0.870. The van der Waals surface area contributed by atoms with Crippen LogP contribution < -0.4 is 15.4 Å². The Kier molecular flexibility index (Phi) is 3.74. The van der Waals surface area contributed by atoms with Crippen LogP contribution in [0.25, 0.3) is 16.3 Å². The third kappa shape index (κ3) is 2.50. The average Bonchev–Trinajstić information content (AvgIpc) is 3.18. The predicted octanol–water partition coefficient (Wildman–Crippen LogP) is 2.18. The first-order valence-corrected chi connectivity index (χ1v) is 9.57. The summed E-state index contributed by atoms with van der Waals surface area (Å²) in [6.07, 6.45) is 0. The largest absolute Gasteiger partial charge is 0.493 e. The van der Waals surface area contributed by atoms with Gasteiger partial charge in [0.05, 0.1) is 17.5 Å². The van der Waals surface area contributed by atoms with Crippen molar-refractivity contribution in [2.45, 2.75) is 6.54 Å². The van der Waals surface area contributed by atoms with Crippen molar-refractivity contribution >= 4 is 33.6 Å². The summed E-state index contributed by atoms with van der Waals surface area (Å²) in [5, 5.41) is 14.1. The lowest BCUT2D eigenvalue weighted by Gasteiger charge is -2.08. The Morgan fingerprint density at radius 2 is 1.68 bits per heavy atom. The van der Waals surface area contributed by atoms with Gasteiger partial charge < -0.3 is 5.11 Å².